The monoisotopic (exact) mass is 279 g/mol. The third-order valence-electron chi connectivity index (χ3n) is 4.40. The second kappa shape index (κ2) is 6.86. The van der Waals surface area contributed by atoms with Crippen molar-refractivity contribution >= 4 is 5.97 Å². The third-order valence-corrected chi connectivity index (χ3v) is 4.40. The minimum atomic E-state index is -0.373. The fourth-order valence-electron chi connectivity index (χ4n) is 3.13. The van der Waals surface area contributed by atoms with E-state index in [2.05, 4.69) is 24.2 Å². The molecule has 1 fully saturated rings. The summed E-state index contributed by atoms with van der Waals surface area (Å²) in [6, 6.07) is 0.394. The van der Waals surface area contributed by atoms with Crippen molar-refractivity contribution in [2.24, 2.45) is 5.92 Å². The van der Waals surface area contributed by atoms with Crippen LogP contribution in [0.25, 0.3) is 0 Å². The number of hydrogen-bond donors (Lipinski definition) is 0. The molecule has 0 aliphatic heterocycles. The highest BCUT2D eigenvalue weighted by atomic mass is 16.5. The predicted molar refractivity (Wildman–Crippen MR) is 76.6 cm³/mol. The quantitative estimate of drug-likeness (QED) is 0.777. The smallest absolute Gasteiger partial charge is 0.360 e. The van der Waals surface area contributed by atoms with Gasteiger partial charge >= 0.3 is 5.97 Å². The molecule has 0 atom stereocenters. The van der Waals surface area contributed by atoms with Crippen molar-refractivity contribution in [1.82, 2.24) is 15.0 Å². The van der Waals surface area contributed by atoms with Gasteiger partial charge in [0.1, 0.15) is 0 Å². The first-order chi connectivity index (χ1) is 9.71. The van der Waals surface area contributed by atoms with Crippen molar-refractivity contribution in [3.8, 4) is 0 Å². The average molecular weight is 279 g/mol. The summed E-state index contributed by atoms with van der Waals surface area (Å²) >= 11 is 0. The van der Waals surface area contributed by atoms with Crippen LogP contribution in [0.4, 0.5) is 0 Å². The maximum absolute atomic E-state index is 11.8. The van der Waals surface area contributed by atoms with Crippen LogP contribution < -0.4 is 0 Å². The molecule has 0 spiro atoms. The van der Waals surface area contributed by atoms with E-state index in [1.165, 1.54) is 26.4 Å². The fourth-order valence-corrected chi connectivity index (χ4v) is 3.13. The summed E-state index contributed by atoms with van der Waals surface area (Å²) in [6.07, 6.45) is 7.84. The van der Waals surface area contributed by atoms with Crippen LogP contribution in [0.2, 0.25) is 0 Å². The molecule has 2 rings (SSSR count). The average Bonchev–Trinajstić information content (AvgIpc) is 2.91. The highest BCUT2D eigenvalue weighted by molar-refractivity contribution is 5.88. The number of nitrogens with zero attached hydrogens (tertiary/aromatic N) is 3. The first-order valence-corrected chi connectivity index (χ1v) is 7.73. The van der Waals surface area contributed by atoms with Crippen LogP contribution in [-0.2, 0) is 11.2 Å². The zero-order valence-electron chi connectivity index (χ0n) is 12.8. The van der Waals surface area contributed by atoms with Gasteiger partial charge in [-0.15, -0.1) is 5.10 Å². The molecule has 0 unspecified atom stereocenters. The van der Waals surface area contributed by atoms with E-state index < -0.39 is 0 Å². The van der Waals surface area contributed by atoms with Crippen LogP contribution in [0.15, 0.2) is 0 Å². The topological polar surface area (TPSA) is 57.0 Å². The van der Waals surface area contributed by atoms with Gasteiger partial charge in [0, 0.05) is 0 Å². The van der Waals surface area contributed by atoms with Crippen LogP contribution in [0.1, 0.15) is 74.6 Å². The Hall–Kier alpha value is -1.39. The SMILES string of the molecule is CCCc1c(C(=O)OC)nnn1C1CCC(CC)CC1. The number of aromatic nitrogens is 3. The van der Waals surface area contributed by atoms with Crippen LogP contribution in [0.3, 0.4) is 0 Å². The summed E-state index contributed by atoms with van der Waals surface area (Å²) in [6.45, 7) is 4.37. The van der Waals surface area contributed by atoms with Gasteiger partial charge in [0.05, 0.1) is 18.8 Å². The highest BCUT2D eigenvalue weighted by Crippen LogP contribution is 2.34. The molecule has 0 saturated heterocycles. The lowest BCUT2D eigenvalue weighted by Gasteiger charge is -2.28. The first kappa shape index (κ1) is 15.0. The Morgan fingerprint density at radius 1 is 1.30 bits per heavy atom. The van der Waals surface area contributed by atoms with Crippen molar-refractivity contribution in [3.63, 3.8) is 0 Å². The number of ether oxygens (including phenoxy) is 1. The van der Waals surface area contributed by atoms with Crippen molar-refractivity contribution in [1.29, 1.82) is 0 Å². The van der Waals surface area contributed by atoms with Gasteiger partial charge in [0.15, 0.2) is 5.69 Å². The molecule has 0 bridgehead atoms. The van der Waals surface area contributed by atoms with Crippen LogP contribution in [0, 0.1) is 5.92 Å². The summed E-state index contributed by atoms with van der Waals surface area (Å²) in [7, 11) is 1.39. The van der Waals surface area contributed by atoms with Crippen molar-refractivity contribution in [2.75, 3.05) is 7.11 Å². The fraction of sp³-hybridized carbons (Fsp3) is 0.800. The van der Waals surface area contributed by atoms with Gasteiger partial charge in [0.2, 0.25) is 0 Å². The molecule has 20 heavy (non-hydrogen) atoms. The van der Waals surface area contributed by atoms with Gasteiger partial charge in [0.25, 0.3) is 0 Å². The largest absolute Gasteiger partial charge is 0.464 e. The Labute approximate surface area is 120 Å². The Morgan fingerprint density at radius 3 is 2.55 bits per heavy atom. The molecule has 0 amide bonds. The van der Waals surface area contributed by atoms with E-state index in [4.69, 9.17) is 4.74 Å². The molecule has 1 aromatic rings. The molecular formula is C15H25N3O2. The zero-order chi connectivity index (χ0) is 14.5. The lowest BCUT2D eigenvalue weighted by molar-refractivity contribution is 0.0592. The normalized spacial score (nSPS) is 22.8. The van der Waals surface area contributed by atoms with E-state index in [-0.39, 0.29) is 5.97 Å². The molecule has 1 heterocycles. The molecule has 5 nitrogen and oxygen atoms in total. The molecular weight excluding hydrogens is 254 g/mol. The summed E-state index contributed by atoms with van der Waals surface area (Å²) in [4.78, 5) is 11.8. The summed E-state index contributed by atoms with van der Waals surface area (Å²) in [5.74, 6) is 0.478. The molecule has 112 valence electrons. The second-order valence-corrected chi connectivity index (χ2v) is 5.65. The lowest BCUT2D eigenvalue weighted by atomic mass is 9.84. The number of rotatable bonds is 5. The Morgan fingerprint density at radius 2 is 2.00 bits per heavy atom. The Kier molecular flexibility index (Phi) is 5.15. The second-order valence-electron chi connectivity index (χ2n) is 5.65. The number of carbonyl (C=O) groups excluding carboxylic acids is 1. The van der Waals surface area contributed by atoms with E-state index in [1.807, 2.05) is 4.68 Å². The van der Waals surface area contributed by atoms with Crippen LogP contribution in [-0.4, -0.2) is 28.1 Å². The predicted octanol–water partition coefficient (Wildman–Crippen LogP) is 3.16. The highest BCUT2D eigenvalue weighted by Gasteiger charge is 2.27. The van der Waals surface area contributed by atoms with Gasteiger partial charge in [-0.2, -0.15) is 0 Å². The van der Waals surface area contributed by atoms with E-state index in [9.17, 15) is 4.79 Å². The van der Waals surface area contributed by atoms with Gasteiger partial charge in [-0.05, 0) is 38.0 Å². The molecule has 1 aliphatic carbocycles. The van der Waals surface area contributed by atoms with Gasteiger partial charge in [-0.3, -0.25) is 0 Å². The van der Waals surface area contributed by atoms with E-state index in [0.29, 0.717) is 11.7 Å². The number of methoxy groups -OCH3 is 1. The molecule has 1 aliphatic rings. The molecule has 0 N–H and O–H groups in total. The third kappa shape index (κ3) is 3.02. The van der Waals surface area contributed by atoms with E-state index >= 15 is 0 Å². The van der Waals surface area contributed by atoms with Gasteiger partial charge < -0.3 is 4.74 Å². The first-order valence-electron chi connectivity index (χ1n) is 7.73. The van der Waals surface area contributed by atoms with Gasteiger partial charge in [-0.25, -0.2) is 9.48 Å². The van der Waals surface area contributed by atoms with Crippen molar-refractivity contribution < 1.29 is 9.53 Å². The number of esters is 1. The van der Waals surface area contributed by atoms with Crippen LogP contribution >= 0.6 is 0 Å². The molecule has 0 aromatic carbocycles. The molecule has 1 aromatic heterocycles. The zero-order valence-corrected chi connectivity index (χ0v) is 12.8. The van der Waals surface area contributed by atoms with Crippen LogP contribution in [0.5, 0.6) is 0 Å². The standard InChI is InChI=1S/C15H25N3O2/c1-4-6-13-14(15(19)20-3)16-17-18(13)12-9-7-11(5-2)8-10-12/h11-12H,4-10H2,1-3H3. The summed E-state index contributed by atoms with van der Waals surface area (Å²) in [5.41, 5.74) is 1.34. The minimum absolute atomic E-state index is 0.373. The maximum Gasteiger partial charge on any atom is 0.360 e. The maximum atomic E-state index is 11.8. The Balaban J connectivity index is 2.19. The van der Waals surface area contributed by atoms with Gasteiger partial charge in [-0.1, -0.05) is 31.9 Å². The molecule has 1 saturated carbocycles. The molecule has 5 heteroatoms. The van der Waals surface area contributed by atoms with Crippen molar-refractivity contribution in [3.05, 3.63) is 11.4 Å². The number of carbonyl (C=O) groups is 1. The lowest BCUT2D eigenvalue weighted by Crippen LogP contribution is -2.21. The number of hydrogen-bond acceptors (Lipinski definition) is 4. The minimum Gasteiger partial charge on any atom is -0.464 e. The van der Waals surface area contributed by atoms with E-state index in [1.54, 1.807) is 0 Å². The summed E-state index contributed by atoms with van der Waals surface area (Å²) in [5, 5.41) is 8.30. The van der Waals surface area contributed by atoms with Crippen molar-refractivity contribution in [2.45, 2.75) is 64.8 Å². The Bertz CT molecular complexity index is 448. The summed E-state index contributed by atoms with van der Waals surface area (Å²) < 4.78 is 6.79. The molecule has 0 radical (unpaired) electrons. The van der Waals surface area contributed by atoms with E-state index in [0.717, 1.165) is 37.3 Å².